The van der Waals surface area contributed by atoms with E-state index in [-0.39, 0.29) is 12.1 Å². The molecule has 2 aromatic rings. The molecular formula is C16H21N7O. The van der Waals surface area contributed by atoms with Crippen LogP contribution in [0.5, 0.6) is 0 Å². The van der Waals surface area contributed by atoms with Crippen LogP contribution in [-0.4, -0.2) is 62.7 Å². The maximum Gasteiger partial charge on any atom is 0.317 e. The number of carbonyl (C=O) groups excluding carboxylic acids is 1. The molecule has 24 heavy (non-hydrogen) atoms. The van der Waals surface area contributed by atoms with Gasteiger partial charge in [0.2, 0.25) is 0 Å². The highest BCUT2D eigenvalue weighted by Crippen LogP contribution is 2.16. The summed E-state index contributed by atoms with van der Waals surface area (Å²) in [6.45, 7) is 2.89. The molecule has 1 fully saturated rings. The van der Waals surface area contributed by atoms with Crippen molar-refractivity contribution in [1.29, 1.82) is 0 Å². The fourth-order valence-electron chi connectivity index (χ4n) is 3.28. The monoisotopic (exact) mass is 327 g/mol. The van der Waals surface area contributed by atoms with Crippen molar-refractivity contribution in [3.63, 3.8) is 0 Å². The average molecular weight is 327 g/mol. The maximum atomic E-state index is 12.4. The first kappa shape index (κ1) is 14.9. The van der Waals surface area contributed by atoms with Crippen molar-refractivity contribution >= 4 is 17.5 Å². The molecule has 8 heteroatoms. The van der Waals surface area contributed by atoms with E-state index in [1.165, 1.54) is 6.33 Å². The van der Waals surface area contributed by atoms with Gasteiger partial charge < -0.3 is 15.1 Å². The molecule has 0 saturated carbocycles. The summed E-state index contributed by atoms with van der Waals surface area (Å²) in [4.78, 5) is 24.9. The Labute approximate surface area is 140 Å². The number of anilines is 1. The van der Waals surface area contributed by atoms with Crippen LogP contribution in [0.1, 0.15) is 19.3 Å². The van der Waals surface area contributed by atoms with E-state index in [1.54, 1.807) is 16.9 Å². The van der Waals surface area contributed by atoms with Crippen molar-refractivity contribution in [3.8, 4) is 0 Å². The van der Waals surface area contributed by atoms with Crippen LogP contribution in [0.3, 0.4) is 0 Å². The smallest absolute Gasteiger partial charge is 0.317 e. The number of aromatic nitrogens is 4. The standard InChI is InChI=1S/C16H21N7O/c24-16(20-13-4-2-1-3-5-13)22-8-6-21(7-9-22)15-11-17-10-14-18-12-19-23(14)15/h2,4,10-13H,1,3,5-9H2,(H,20,24). The van der Waals surface area contributed by atoms with Gasteiger partial charge in [0, 0.05) is 32.2 Å². The highest BCUT2D eigenvalue weighted by atomic mass is 16.2. The highest BCUT2D eigenvalue weighted by Gasteiger charge is 2.24. The van der Waals surface area contributed by atoms with Gasteiger partial charge in [0.25, 0.3) is 0 Å². The summed E-state index contributed by atoms with van der Waals surface area (Å²) >= 11 is 0. The normalized spacial score (nSPS) is 21.2. The first-order valence-electron chi connectivity index (χ1n) is 8.42. The molecule has 0 bridgehead atoms. The van der Waals surface area contributed by atoms with Gasteiger partial charge in [-0.15, -0.1) is 0 Å². The highest BCUT2D eigenvalue weighted by molar-refractivity contribution is 5.75. The van der Waals surface area contributed by atoms with E-state index in [2.05, 4.69) is 37.4 Å². The summed E-state index contributed by atoms with van der Waals surface area (Å²) < 4.78 is 1.79. The van der Waals surface area contributed by atoms with Crippen molar-refractivity contribution in [2.24, 2.45) is 0 Å². The summed E-state index contributed by atoms with van der Waals surface area (Å²) in [6, 6.07) is 0.209. The third-order valence-electron chi connectivity index (χ3n) is 4.63. The predicted molar refractivity (Wildman–Crippen MR) is 89.9 cm³/mol. The predicted octanol–water partition coefficient (Wildman–Crippen LogP) is 1.06. The van der Waals surface area contributed by atoms with Crippen LogP contribution in [0, 0.1) is 0 Å². The number of fused-ring (bicyclic) bond motifs is 1. The zero-order valence-electron chi connectivity index (χ0n) is 13.5. The molecule has 126 valence electrons. The molecule has 2 amide bonds. The SMILES string of the molecule is O=C(NC1C=CCCC1)N1CCN(c2cncc3ncnn23)CC1. The molecule has 1 aliphatic heterocycles. The molecule has 1 N–H and O–H groups in total. The molecule has 0 radical (unpaired) electrons. The van der Waals surface area contributed by atoms with Crippen molar-refractivity contribution in [1.82, 2.24) is 29.8 Å². The minimum Gasteiger partial charge on any atom is -0.352 e. The average Bonchev–Trinajstić information content (AvgIpc) is 3.11. The van der Waals surface area contributed by atoms with Gasteiger partial charge in [0.05, 0.1) is 12.4 Å². The Hall–Kier alpha value is -2.64. The number of amides is 2. The lowest BCUT2D eigenvalue weighted by Crippen LogP contribution is -2.53. The summed E-state index contributed by atoms with van der Waals surface area (Å²) in [5.41, 5.74) is 0.733. The number of rotatable bonds is 2. The molecule has 0 aromatic carbocycles. The number of urea groups is 1. The lowest BCUT2D eigenvalue weighted by Gasteiger charge is -2.36. The van der Waals surface area contributed by atoms with Crippen LogP contribution in [0.2, 0.25) is 0 Å². The summed E-state index contributed by atoms with van der Waals surface area (Å²) in [6.07, 6.45) is 12.6. The number of piperazine rings is 1. The van der Waals surface area contributed by atoms with Gasteiger partial charge in [0.15, 0.2) is 11.5 Å². The molecule has 2 aliphatic rings. The van der Waals surface area contributed by atoms with Crippen molar-refractivity contribution in [2.75, 3.05) is 31.1 Å². The van der Waals surface area contributed by atoms with Gasteiger partial charge in [-0.25, -0.2) is 9.78 Å². The summed E-state index contributed by atoms with van der Waals surface area (Å²) in [5.74, 6) is 0.917. The van der Waals surface area contributed by atoms with Crippen LogP contribution in [0.4, 0.5) is 10.6 Å². The second-order valence-corrected chi connectivity index (χ2v) is 6.18. The first-order chi connectivity index (χ1) is 11.8. The van der Waals surface area contributed by atoms with Gasteiger partial charge in [-0.3, -0.25) is 4.98 Å². The largest absolute Gasteiger partial charge is 0.352 e. The summed E-state index contributed by atoms with van der Waals surface area (Å²) in [7, 11) is 0. The molecule has 3 heterocycles. The maximum absolute atomic E-state index is 12.4. The van der Waals surface area contributed by atoms with Crippen molar-refractivity contribution in [2.45, 2.75) is 25.3 Å². The Morgan fingerprint density at radius 2 is 2.08 bits per heavy atom. The molecular weight excluding hydrogens is 306 g/mol. The van der Waals surface area contributed by atoms with Crippen LogP contribution < -0.4 is 10.2 Å². The Kier molecular flexibility index (Phi) is 4.02. The van der Waals surface area contributed by atoms with E-state index >= 15 is 0 Å². The zero-order chi connectivity index (χ0) is 16.4. The third kappa shape index (κ3) is 2.91. The number of nitrogens with zero attached hydrogens (tertiary/aromatic N) is 6. The van der Waals surface area contributed by atoms with E-state index < -0.39 is 0 Å². The van der Waals surface area contributed by atoms with Gasteiger partial charge in [0.1, 0.15) is 6.33 Å². The first-order valence-corrected chi connectivity index (χ1v) is 8.42. The number of hydrogen-bond donors (Lipinski definition) is 1. The van der Waals surface area contributed by atoms with E-state index in [9.17, 15) is 4.79 Å². The zero-order valence-corrected chi connectivity index (χ0v) is 13.5. The Morgan fingerprint density at radius 1 is 1.21 bits per heavy atom. The lowest BCUT2D eigenvalue weighted by atomic mass is 10.0. The third-order valence-corrected chi connectivity index (χ3v) is 4.63. The van der Waals surface area contributed by atoms with Gasteiger partial charge >= 0.3 is 6.03 Å². The van der Waals surface area contributed by atoms with Crippen LogP contribution >= 0.6 is 0 Å². The molecule has 0 spiro atoms. The second kappa shape index (κ2) is 6.46. The fourth-order valence-corrected chi connectivity index (χ4v) is 3.28. The lowest BCUT2D eigenvalue weighted by molar-refractivity contribution is 0.191. The molecule has 1 aliphatic carbocycles. The molecule has 4 rings (SSSR count). The molecule has 2 aromatic heterocycles. The number of hydrogen-bond acceptors (Lipinski definition) is 5. The van der Waals surface area contributed by atoms with Crippen LogP contribution in [0.15, 0.2) is 30.9 Å². The van der Waals surface area contributed by atoms with Crippen LogP contribution in [-0.2, 0) is 0 Å². The van der Waals surface area contributed by atoms with E-state index in [0.29, 0.717) is 13.1 Å². The van der Waals surface area contributed by atoms with Gasteiger partial charge in [-0.2, -0.15) is 9.61 Å². The summed E-state index contributed by atoms with van der Waals surface area (Å²) in [5, 5.41) is 7.36. The van der Waals surface area contributed by atoms with E-state index in [4.69, 9.17) is 0 Å². The van der Waals surface area contributed by atoms with Gasteiger partial charge in [-0.1, -0.05) is 12.2 Å². The number of carbonyl (C=O) groups is 1. The molecule has 8 nitrogen and oxygen atoms in total. The Balaban J connectivity index is 1.38. The molecule has 1 unspecified atom stereocenters. The number of nitrogens with one attached hydrogen (secondary N) is 1. The minimum atomic E-state index is 0.0308. The Morgan fingerprint density at radius 3 is 2.88 bits per heavy atom. The van der Waals surface area contributed by atoms with E-state index in [1.807, 2.05) is 4.90 Å². The quantitative estimate of drug-likeness (QED) is 0.835. The molecule has 1 atom stereocenters. The van der Waals surface area contributed by atoms with Crippen molar-refractivity contribution in [3.05, 3.63) is 30.9 Å². The van der Waals surface area contributed by atoms with E-state index in [0.717, 1.165) is 43.8 Å². The second-order valence-electron chi connectivity index (χ2n) is 6.18. The Bertz CT molecular complexity index is 748. The minimum absolute atomic E-state index is 0.0308. The number of allylic oxidation sites excluding steroid dienone is 1. The van der Waals surface area contributed by atoms with Crippen molar-refractivity contribution < 1.29 is 4.79 Å². The van der Waals surface area contributed by atoms with Crippen LogP contribution in [0.25, 0.3) is 5.65 Å². The topological polar surface area (TPSA) is 78.7 Å². The van der Waals surface area contributed by atoms with Gasteiger partial charge in [-0.05, 0) is 19.3 Å². The fraction of sp³-hybridized carbons (Fsp3) is 0.500. The molecule has 1 saturated heterocycles.